The monoisotopic (exact) mass is 276 g/mol. The molecule has 0 bridgehead atoms. The van der Waals surface area contributed by atoms with Gasteiger partial charge in [0.2, 0.25) is 0 Å². The van der Waals surface area contributed by atoms with Crippen LogP contribution in [0.2, 0.25) is 5.02 Å². The van der Waals surface area contributed by atoms with Crippen LogP contribution in [0.1, 0.15) is 29.0 Å². The third-order valence-corrected chi connectivity index (χ3v) is 2.92. The van der Waals surface area contributed by atoms with Gasteiger partial charge in [-0.05, 0) is 37.3 Å². The summed E-state index contributed by atoms with van der Waals surface area (Å²) in [7, 11) is 0. The van der Waals surface area contributed by atoms with Gasteiger partial charge in [-0.2, -0.15) is 0 Å². The van der Waals surface area contributed by atoms with E-state index in [1.807, 2.05) is 25.1 Å². The molecule has 1 unspecified atom stereocenters. The van der Waals surface area contributed by atoms with Crippen molar-refractivity contribution in [1.29, 1.82) is 0 Å². The highest BCUT2D eigenvalue weighted by atomic mass is 35.5. The molecule has 1 aromatic heterocycles. The summed E-state index contributed by atoms with van der Waals surface area (Å²) < 4.78 is 0. The first-order valence-electron chi connectivity index (χ1n) is 5.78. The second-order valence-electron chi connectivity index (χ2n) is 4.11. The molecule has 4 nitrogen and oxygen atoms in total. The Morgan fingerprint density at radius 3 is 2.79 bits per heavy atom. The van der Waals surface area contributed by atoms with Crippen LogP contribution in [0.15, 0.2) is 42.6 Å². The Kier molecular flexibility index (Phi) is 4.02. The largest absolute Gasteiger partial charge is 0.507 e. The molecular weight excluding hydrogens is 264 g/mol. The lowest BCUT2D eigenvalue weighted by atomic mass is 10.1. The highest BCUT2D eigenvalue weighted by Crippen LogP contribution is 2.22. The van der Waals surface area contributed by atoms with Gasteiger partial charge < -0.3 is 10.4 Å². The van der Waals surface area contributed by atoms with E-state index in [0.717, 1.165) is 5.69 Å². The first-order chi connectivity index (χ1) is 9.08. The van der Waals surface area contributed by atoms with Crippen LogP contribution in [0.25, 0.3) is 0 Å². The first kappa shape index (κ1) is 13.4. The van der Waals surface area contributed by atoms with Gasteiger partial charge in [-0.1, -0.05) is 17.7 Å². The van der Waals surface area contributed by atoms with E-state index in [0.29, 0.717) is 5.02 Å². The number of hydrogen-bond donors (Lipinski definition) is 2. The van der Waals surface area contributed by atoms with Crippen molar-refractivity contribution in [2.75, 3.05) is 0 Å². The number of halogens is 1. The summed E-state index contributed by atoms with van der Waals surface area (Å²) in [6.45, 7) is 1.83. The maximum Gasteiger partial charge on any atom is 0.255 e. The summed E-state index contributed by atoms with van der Waals surface area (Å²) in [5.74, 6) is -0.509. The van der Waals surface area contributed by atoms with Gasteiger partial charge in [-0.25, -0.2) is 0 Å². The Balaban J connectivity index is 2.13. The fraction of sp³-hybridized carbons (Fsp3) is 0.143. The maximum atomic E-state index is 12.0. The molecule has 2 aromatic rings. The van der Waals surface area contributed by atoms with Crippen molar-refractivity contribution in [3.05, 3.63) is 58.9 Å². The smallest absolute Gasteiger partial charge is 0.255 e. The molecule has 0 saturated carbocycles. The van der Waals surface area contributed by atoms with Gasteiger partial charge in [0.25, 0.3) is 5.91 Å². The number of aromatic hydroxyl groups is 1. The number of aromatic nitrogens is 1. The van der Waals surface area contributed by atoms with E-state index >= 15 is 0 Å². The van der Waals surface area contributed by atoms with E-state index in [-0.39, 0.29) is 23.3 Å². The molecule has 0 saturated heterocycles. The summed E-state index contributed by atoms with van der Waals surface area (Å²) in [6.07, 6.45) is 1.66. The maximum absolute atomic E-state index is 12.0. The van der Waals surface area contributed by atoms with Crippen molar-refractivity contribution < 1.29 is 9.90 Å². The van der Waals surface area contributed by atoms with Gasteiger partial charge in [0.15, 0.2) is 0 Å². The lowest BCUT2D eigenvalue weighted by molar-refractivity contribution is 0.0936. The van der Waals surface area contributed by atoms with E-state index in [4.69, 9.17) is 11.6 Å². The number of hydrogen-bond acceptors (Lipinski definition) is 3. The molecule has 98 valence electrons. The number of nitrogens with zero attached hydrogens (tertiary/aromatic N) is 1. The zero-order valence-electron chi connectivity index (χ0n) is 10.3. The second-order valence-corrected chi connectivity index (χ2v) is 4.55. The van der Waals surface area contributed by atoms with Gasteiger partial charge >= 0.3 is 0 Å². The van der Waals surface area contributed by atoms with E-state index in [9.17, 15) is 9.90 Å². The summed E-state index contributed by atoms with van der Waals surface area (Å²) in [5, 5.41) is 12.8. The molecule has 1 atom stereocenters. The van der Waals surface area contributed by atoms with Crippen LogP contribution in [-0.2, 0) is 0 Å². The molecule has 2 rings (SSSR count). The summed E-state index contributed by atoms with van der Waals surface area (Å²) in [4.78, 5) is 16.2. The van der Waals surface area contributed by atoms with Crippen LogP contribution in [0.3, 0.4) is 0 Å². The molecule has 1 aromatic carbocycles. The Bertz CT molecular complexity index is 587. The number of phenols is 1. The lowest BCUT2D eigenvalue weighted by Crippen LogP contribution is -2.27. The molecule has 2 N–H and O–H groups in total. The molecule has 0 spiro atoms. The number of benzene rings is 1. The van der Waals surface area contributed by atoms with Gasteiger partial charge in [0.1, 0.15) is 5.75 Å². The number of pyridine rings is 1. The standard InChI is InChI=1S/C14H13ClN2O2/c1-9(12-4-2-3-7-16-12)17-14(19)11-6-5-10(15)8-13(11)18/h2-9,18H,1H3,(H,17,19). The van der Waals surface area contributed by atoms with Crippen LogP contribution in [0.4, 0.5) is 0 Å². The lowest BCUT2D eigenvalue weighted by Gasteiger charge is -2.13. The minimum atomic E-state index is -0.368. The topological polar surface area (TPSA) is 62.2 Å². The predicted octanol–water partition coefficient (Wildman–Crippen LogP) is 2.93. The fourth-order valence-corrected chi connectivity index (χ4v) is 1.84. The molecule has 0 aliphatic carbocycles. The van der Waals surface area contributed by atoms with Crippen LogP contribution in [-0.4, -0.2) is 16.0 Å². The van der Waals surface area contributed by atoms with E-state index < -0.39 is 0 Å². The van der Waals surface area contributed by atoms with Crippen molar-refractivity contribution in [2.24, 2.45) is 0 Å². The molecule has 0 fully saturated rings. The van der Waals surface area contributed by atoms with Gasteiger partial charge in [-0.15, -0.1) is 0 Å². The molecule has 0 aliphatic rings. The quantitative estimate of drug-likeness (QED) is 0.906. The summed E-state index contributed by atoms with van der Waals surface area (Å²) in [6, 6.07) is 9.62. The normalized spacial score (nSPS) is 11.9. The number of carbonyl (C=O) groups excluding carboxylic acids is 1. The zero-order valence-corrected chi connectivity index (χ0v) is 11.1. The van der Waals surface area contributed by atoms with Crippen molar-refractivity contribution >= 4 is 17.5 Å². The Morgan fingerprint density at radius 1 is 1.37 bits per heavy atom. The second kappa shape index (κ2) is 5.71. The number of nitrogens with one attached hydrogen (secondary N) is 1. The van der Waals surface area contributed by atoms with Crippen LogP contribution < -0.4 is 5.32 Å². The third-order valence-electron chi connectivity index (χ3n) is 2.68. The van der Waals surface area contributed by atoms with Crippen molar-refractivity contribution in [1.82, 2.24) is 10.3 Å². The van der Waals surface area contributed by atoms with Crippen molar-refractivity contribution in [3.63, 3.8) is 0 Å². The molecule has 1 heterocycles. The van der Waals surface area contributed by atoms with Crippen LogP contribution in [0.5, 0.6) is 5.75 Å². The molecule has 19 heavy (non-hydrogen) atoms. The van der Waals surface area contributed by atoms with E-state index in [1.165, 1.54) is 12.1 Å². The minimum absolute atomic E-state index is 0.141. The van der Waals surface area contributed by atoms with E-state index in [2.05, 4.69) is 10.3 Å². The Hall–Kier alpha value is -2.07. The molecular formula is C14H13ClN2O2. The SMILES string of the molecule is CC(NC(=O)c1ccc(Cl)cc1O)c1ccccn1. The minimum Gasteiger partial charge on any atom is -0.507 e. The molecule has 5 heteroatoms. The first-order valence-corrected chi connectivity index (χ1v) is 6.16. The zero-order chi connectivity index (χ0) is 13.8. The highest BCUT2D eigenvalue weighted by Gasteiger charge is 2.15. The number of phenolic OH excluding ortho intramolecular Hbond substituents is 1. The van der Waals surface area contributed by atoms with Gasteiger partial charge in [0.05, 0.1) is 17.3 Å². The Morgan fingerprint density at radius 2 is 2.16 bits per heavy atom. The van der Waals surface area contributed by atoms with Crippen molar-refractivity contribution in [2.45, 2.75) is 13.0 Å². The van der Waals surface area contributed by atoms with Gasteiger partial charge in [0, 0.05) is 11.2 Å². The Labute approximate surface area is 116 Å². The molecule has 0 aliphatic heterocycles. The molecule has 0 radical (unpaired) electrons. The van der Waals surface area contributed by atoms with E-state index in [1.54, 1.807) is 12.3 Å². The molecule has 1 amide bonds. The third kappa shape index (κ3) is 3.23. The average molecular weight is 277 g/mol. The average Bonchev–Trinajstić information content (AvgIpc) is 2.39. The number of rotatable bonds is 3. The number of amides is 1. The van der Waals surface area contributed by atoms with Crippen LogP contribution in [0, 0.1) is 0 Å². The predicted molar refractivity (Wildman–Crippen MR) is 73.2 cm³/mol. The van der Waals surface area contributed by atoms with Gasteiger partial charge in [-0.3, -0.25) is 9.78 Å². The highest BCUT2D eigenvalue weighted by molar-refractivity contribution is 6.30. The fourth-order valence-electron chi connectivity index (χ4n) is 1.68. The van der Waals surface area contributed by atoms with Crippen molar-refractivity contribution in [3.8, 4) is 5.75 Å². The number of carbonyl (C=O) groups is 1. The summed E-state index contributed by atoms with van der Waals surface area (Å²) >= 11 is 5.72. The summed E-state index contributed by atoms with van der Waals surface area (Å²) in [5.41, 5.74) is 0.941. The van der Waals surface area contributed by atoms with Crippen LogP contribution >= 0.6 is 11.6 Å².